The van der Waals surface area contributed by atoms with Gasteiger partial charge in [0.1, 0.15) is 0 Å². The van der Waals surface area contributed by atoms with Crippen LogP contribution in [0, 0.1) is 0 Å². The predicted molar refractivity (Wildman–Crippen MR) is 90.7 cm³/mol. The van der Waals surface area contributed by atoms with Gasteiger partial charge in [0, 0.05) is 17.6 Å². The third kappa shape index (κ3) is 6.76. The summed E-state index contributed by atoms with van der Waals surface area (Å²) in [6.07, 6.45) is 7.91. The highest BCUT2D eigenvalue weighted by Crippen LogP contribution is 2.28. The summed E-state index contributed by atoms with van der Waals surface area (Å²) < 4.78 is 0. The largest absolute Gasteiger partial charge is 0.314 e. The standard InChI is InChI=1S/C18H30ClN/c1-4-5-6-7-8-11-16(14-20-15(2)3)17-12-9-10-13-18(17)19/h9-10,12-13,15-16,20H,4-8,11,14H2,1-3H3. The molecule has 1 unspecified atom stereocenters. The predicted octanol–water partition coefficient (Wildman–Crippen LogP) is 5.78. The summed E-state index contributed by atoms with van der Waals surface area (Å²) in [5.74, 6) is 0.535. The average molecular weight is 296 g/mol. The maximum atomic E-state index is 6.37. The Labute approximate surface area is 130 Å². The van der Waals surface area contributed by atoms with Gasteiger partial charge in [-0.25, -0.2) is 0 Å². The Bertz CT molecular complexity index is 362. The van der Waals surface area contributed by atoms with Crippen molar-refractivity contribution in [2.75, 3.05) is 6.54 Å². The molecule has 1 aromatic rings. The van der Waals surface area contributed by atoms with Crippen molar-refractivity contribution in [3.63, 3.8) is 0 Å². The lowest BCUT2D eigenvalue weighted by atomic mass is 9.92. The first-order chi connectivity index (χ1) is 9.65. The molecule has 0 spiro atoms. The molecule has 114 valence electrons. The first kappa shape index (κ1) is 17.5. The minimum Gasteiger partial charge on any atom is -0.314 e. The van der Waals surface area contributed by atoms with E-state index in [0.29, 0.717) is 12.0 Å². The average Bonchev–Trinajstić information content (AvgIpc) is 2.43. The molecule has 0 aromatic heterocycles. The molecule has 0 aliphatic heterocycles. The molecule has 2 heteroatoms. The SMILES string of the molecule is CCCCCCCC(CNC(C)C)c1ccccc1Cl. The van der Waals surface area contributed by atoms with Crippen molar-refractivity contribution >= 4 is 11.6 Å². The highest BCUT2D eigenvalue weighted by atomic mass is 35.5. The maximum absolute atomic E-state index is 6.37. The van der Waals surface area contributed by atoms with E-state index in [9.17, 15) is 0 Å². The lowest BCUT2D eigenvalue weighted by molar-refractivity contribution is 0.484. The summed E-state index contributed by atoms with van der Waals surface area (Å²) in [6, 6.07) is 8.83. The van der Waals surface area contributed by atoms with Crippen LogP contribution in [0.1, 0.15) is 70.8 Å². The van der Waals surface area contributed by atoms with Crippen LogP contribution in [-0.4, -0.2) is 12.6 Å². The van der Waals surface area contributed by atoms with Gasteiger partial charge in [0.05, 0.1) is 0 Å². The second kappa shape index (κ2) is 10.2. The molecule has 0 radical (unpaired) electrons. The zero-order chi connectivity index (χ0) is 14.8. The van der Waals surface area contributed by atoms with Crippen molar-refractivity contribution in [3.8, 4) is 0 Å². The zero-order valence-electron chi connectivity index (χ0n) is 13.3. The van der Waals surface area contributed by atoms with Crippen molar-refractivity contribution in [2.24, 2.45) is 0 Å². The fraction of sp³-hybridized carbons (Fsp3) is 0.667. The van der Waals surface area contributed by atoms with Crippen LogP contribution < -0.4 is 5.32 Å². The lowest BCUT2D eigenvalue weighted by Gasteiger charge is -2.21. The molecule has 20 heavy (non-hydrogen) atoms. The van der Waals surface area contributed by atoms with Crippen LogP contribution >= 0.6 is 11.6 Å². The van der Waals surface area contributed by atoms with Gasteiger partial charge in [0.25, 0.3) is 0 Å². The molecule has 0 aliphatic carbocycles. The van der Waals surface area contributed by atoms with Crippen LogP contribution in [0.25, 0.3) is 0 Å². The Hall–Kier alpha value is -0.530. The number of hydrogen-bond acceptors (Lipinski definition) is 1. The maximum Gasteiger partial charge on any atom is 0.0441 e. The van der Waals surface area contributed by atoms with E-state index in [-0.39, 0.29) is 0 Å². The van der Waals surface area contributed by atoms with E-state index in [0.717, 1.165) is 11.6 Å². The Morgan fingerprint density at radius 2 is 1.75 bits per heavy atom. The van der Waals surface area contributed by atoms with Crippen molar-refractivity contribution in [1.82, 2.24) is 5.32 Å². The van der Waals surface area contributed by atoms with Gasteiger partial charge in [-0.05, 0) is 24.0 Å². The summed E-state index contributed by atoms with van der Waals surface area (Å²) >= 11 is 6.37. The van der Waals surface area contributed by atoms with Crippen LogP contribution in [0.5, 0.6) is 0 Å². The smallest absolute Gasteiger partial charge is 0.0441 e. The molecule has 0 bridgehead atoms. The molecule has 1 atom stereocenters. The molecule has 1 aromatic carbocycles. The molecule has 0 saturated heterocycles. The van der Waals surface area contributed by atoms with E-state index >= 15 is 0 Å². The molecule has 0 fully saturated rings. The number of hydrogen-bond donors (Lipinski definition) is 1. The third-order valence-corrected chi connectivity index (χ3v) is 4.12. The quantitative estimate of drug-likeness (QED) is 0.539. The van der Waals surface area contributed by atoms with Gasteiger partial charge in [-0.2, -0.15) is 0 Å². The molecule has 0 heterocycles. The van der Waals surface area contributed by atoms with E-state index in [1.165, 1.54) is 44.1 Å². The van der Waals surface area contributed by atoms with Crippen molar-refractivity contribution < 1.29 is 0 Å². The first-order valence-electron chi connectivity index (χ1n) is 8.13. The van der Waals surface area contributed by atoms with Gasteiger partial charge in [-0.3, -0.25) is 0 Å². The number of benzene rings is 1. The van der Waals surface area contributed by atoms with Crippen LogP contribution in [0.3, 0.4) is 0 Å². The lowest BCUT2D eigenvalue weighted by Crippen LogP contribution is -2.28. The molecule has 1 nitrogen and oxygen atoms in total. The molecule has 0 aliphatic rings. The molecular weight excluding hydrogens is 266 g/mol. The van der Waals surface area contributed by atoms with Gasteiger partial charge in [0.15, 0.2) is 0 Å². The number of halogens is 1. The summed E-state index contributed by atoms with van der Waals surface area (Å²) in [7, 11) is 0. The zero-order valence-corrected chi connectivity index (χ0v) is 14.0. The fourth-order valence-electron chi connectivity index (χ4n) is 2.55. The monoisotopic (exact) mass is 295 g/mol. The minimum atomic E-state index is 0.528. The molecular formula is C18H30ClN. The Morgan fingerprint density at radius 3 is 2.40 bits per heavy atom. The summed E-state index contributed by atoms with van der Waals surface area (Å²) in [4.78, 5) is 0. The topological polar surface area (TPSA) is 12.0 Å². The van der Waals surface area contributed by atoms with Crippen LogP contribution in [-0.2, 0) is 0 Å². The van der Waals surface area contributed by atoms with Crippen molar-refractivity contribution in [1.29, 1.82) is 0 Å². The van der Waals surface area contributed by atoms with Crippen LogP contribution in [0.2, 0.25) is 5.02 Å². The van der Waals surface area contributed by atoms with Gasteiger partial charge < -0.3 is 5.32 Å². The second-order valence-corrected chi connectivity index (χ2v) is 6.39. The second-order valence-electron chi connectivity index (χ2n) is 5.98. The van der Waals surface area contributed by atoms with E-state index in [4.69, 9.17) is 11.6 Å². The molecule has 0 amide bonds. The highest BCUT2D eigenvalue weighted by molar-refractivity contribution is 6.31. The summed E-state index contributed by atoms with van der Waals surface area (Å²) in [5.41, 5.74) is 1.30. The van der Waals surface area contributed by atoms with Gasteiger partial charge in [-0.15, -0.1) is 0 Å². The molecule has 0 saturated carbocycles. The van der Waals surface area contributed by atoms with Gasteiger partial charge in [-0.1, -0.05) is 82.7 Å². The minimum absolute atomic E-state index is 0.528. The summed E-state index contributed by atoms with van der Waals surface area (Å²) in [6.45, 7) is 7.68. The van der Waals surface area contributed by atoms with Crippen LogP contribution in [0.4, 0.5) is 0 Å². The first-order valence-corrected chi connectivity index (χ1v) is 8.50. The Balaban J connectivity index is 2.54. The van der Waals surface area contributed by atoms with Gasteiger partial charge >= 0.3 is 0 Å². The fourth-order valence-corrected chi connectivity index (χ4v) is 2.84. The van der Waals surface area contributed by atoms with E-state index < -0.39 is 0 Å². The molecule has 1 rings (SSSR count). The van der Waals surface area contributed by atoms with E-state index in [2.05, 4.69) is 38.2 Å². The van der Waals surface area contributed by atoms with Crippen LogP contribution in [0.15, 0.2) is 24.3 Å². The van der Waals surface area contributed by atoms with E-state index in [1.54, 1.807) is 0 Å². The third-order valence-electron chi connectivity index (χ3n) is 3.77. The summed E-state index contributed by atoms with van der Waals surface area (Å²) in [5, 5.41) is 4.48. The van der Waals surface area contributed by atoms with E-state index in [1.807, 2.05) is 12.1 Å². The number of nitrogens with one attached hydrogen (secondary N) is 1. The normalized spacial score (nSPS) is 12.8. The highest BCUT2D eigenvalue weighted by Gasteiger charge is 2.14. The number of unbranched alkanes of at least 4 members (excludes halogenated alkanes) is 4. The number of rotatable bonds is 10. The Morgan fingerprint density at radius 1 is 1.05 bits per heavy atom. The van der Waals surface area contributed by atoms with Gasteiger partial charge in [0.2, 0.25) is 0 Å². The Kier molecular flexibility index (Phi) is 8.97. The van der Waals surface area contributed by atoms with Crippen molar-refractivity contribution in [2.45, 2.75) is 71.3 Å². The van der Waals surface area contributed by atoms with Crippen molar-refractivity contribution in [3.05, 3.63) is 34.9 Å². The molecule has 1 N–H and O–H groups in total.